The number of amides is 2. The molecule has 38 heavy (non-hydrogen) atoms. The molecule has 0 saturated carbocycles. The zero-order chi connectivity index (χ0) is 26.8. The number of alkyl halides is 3. The van der Waals surface area contributed by atoms with Gasteiger partial charge in [0, 0.05) is 44.3 Å². The van der Waals surface area contributed by atoms with Crippen LogP contribution in [0.1, 0.15) is 29.0 Å². The van der Waals surface area contributed by atoms with Crippen molar-refractivity contribution in [3.05, 3.63) is 102 Å². The number of nitrogens with zero attached hydrogens (tertiary/aromatic N) is 2. The van der Waals surface area contributed by atoms with Gasteiger partial charge in [-0.2, -0.15) is 13.2 Å². The molecule has 1 saturated heterocycles. The zero-order valence-corrected chi connectivity index (χ0v) is 21.4. The van der Waals surface area contributed by atoms with Crippen LogP contribution in [-0.2, 0) is 11.2 Å². The van der Waals surface area contributed by atoms with Crippen LogP contribution in [-0.4, -0.2) is 67.9 Å². The molecule has 1 aliphatic heterocycles. The summed E-state index contributed by atoms with van der Waals surface area (Å²) in [7, 11) is 0. The average molecular weight is 526 g/mol. The van der Waals surface area contributed by atoms with Crippen LogP contribution in [0.4, 0.5) is 23.7 Å². The van der Waals surface area contributed by atoms with Crippen LogP contribution in [0.5, 0.6) is 0 Å². The smallest absolute Gasteiger partial charge is 0.379 e. The maximum atomic E-state index is 13.4. The molecular weight excluding hydrogens is 491 g/mol. The van der Waals surface area contributed by atoms with Gasteiger partial charge in [0.1, 0.15) is 0 Å². The van der Waals surface area contributed by atoms with Crippen molar-refractivity contribution in [1.29, 1.82) is 0 Å². The number of halogens is 3. The molecule has 4 rings (SSSR count). The molecule has 0 radical (unpaired) electrons. The first-order valence-electron chi connectivity index (χ1n) is 13.0. The summed E-state index contributed by atoms with van der Waals surface area (Å²) >= 11 is 0. The molecule has 0 atom stereocenters. The minimum Gasteiger partial charge on any atom is -0.379 e. The van der Waals surface area contributed by atoms with Crippen LogP contribution in [0.25, 0.3) is 0 Å². The molecule has 3 aromatic rings. The van der Waals surface area contributed by atoms with Crippen molar-refractivity contribution in [1.82, 2.24) is 9.80 Å². The van der Waals surface area contributed by atoms with Crippen LogP contribution in [0.3, 0.4) is 0 Å². The van der Waals surface area contributed by atoms with Crippen LogP contribution in [0.2, 0.25) is 0 Å². The second-order valence-electron chi connectivity index (χ2n) is 9.52. The molecule has 1 aliphatic rings. The van der Waals surface area contributed by atoms with Gasteiger partial charge in [0.05, 0.1) is 19.6 Å². The fourth-order valence-electron chi connectivity index (χ4n) is 4.72. The fraction of sp³-hybridized carbons (Fsp3) is 0.367. The Balaban J connectivity index is 1.46. The Morgan fingerprint density at radius 2 is 1.45 bits per heavy atom. The highest BCUT2D eigenvalue weighted by Gasteiger charge is 2.27. The van der Waals surface area contributed by atoms with Gasteiger partial charge in [0.15, 0.2) is 0 Å². The van der Waals surface area contributed by atoms with Crippen molar-refractivity contribution in [3.8, 4) is 0 Å². The van der Waals surface area contributed by atoms with Crippen molar-refractivity contribution in [2.75, 3.05) is 51.3 Å². The minimum atomic E-state index is -4.27. The Kier molecular flexibility index (Phi) is 9.79. The predicted molar refractivity (Wildman–Crippen MR) is 143 cm³/mol. The number of carbonyl (C=O) groups is 1. The fourth-order valence-corrected chi connectivity index (χ4v) is 4.72. The number of benzene rings is 3. The lowest BCUT2D eigenvalue weighted by Gasteiger charge is -2.31. The maximum absolute atomic E-state index is 13.4. The first-order chi connectivity index (χ1) is 18.4. The largest absolute Gasteiger partial charge is 0.393 e. The number of nitrogens with one attached hydrogen (secondary N) is 1. The number of anilines is 1. The van der Waals surface area contributed by atoms with E-state index in [0.717, 1.165) is 26.1 Å². The Bertz CT molecular complexity index is 1080. The number of urea groups is 1. The molecule has 1 heterocycles. The van der Waals surface area contributed by atoms with E-state index in [1.165, 1.54) is 35.4 Å². The zero-order valence-electron chi connectivity index (χ0n) is 21.4. The highest BCUT2D eigenvalue weighted by molar-refractivity contribution is 5.89. The molecular formula is C30H34F3N3O2. The quantitative estimate of drug-likeness (QED) is 0.344. The van der Waals surface area contributed by atoms with Crippen molar-refractivity contribution >= 4 is 11.7 Å². The summed E-state index contributed by atoms with van der Waals surface area (Å²) < 4.78 is 43.6. The molecule has 2 amide bonds. The Morgan fingerprint density at radius 1 is 0.868 bits per heavy atom. The molecule has 0 aliphatic carbocycles. The van der Waals surface area contributed by atoms with Gasteiger partial charge in [-0.3, -0.25) is 4.90 Å². The summed E-state index contributed by atoms with van der Waals surface area (Å²) in [6.45, 7) is 4.80. The number of ether oxygens (including phenoxy) is 1. The predicted octanol–water partition coefficient (Wildman–Crippen LogP) is 6.18. The maximum Gasteiger partial charge on any atom is 0.393 e. The van der Waals surface area contributed by atoms with Gasteiger partial charge in [-0.05, 0) is 35.2 Å². The summed E-state index contributed by atoms with van der Waals surface area (Å²) in [6.07, 6.45) is -4.53. The number of morpholine rings is 1. The van der Waals surface area contributed by atoms with E-state index in [9.17, 15) is 18.0 Å². The van der Waals surface area contributed by atoms with E-state index < -0.39 is 12.6 Å². The summed E-state index contributed by atoms with van der Waals surface area (Å²) in [5, 5.41) is 2.89. The van der Waals surface area contributed by atoms with E-state index in [1.807, 2.05) is 36.4 Å². The van der Waals surface area contributed by atoms with Crippen LogP contribution in [0, 0.1) is 0 Å². The van der Waals surface area contributed by atoms with Gasteiger partial charge >= 0.3 is 12.2 Å². The van der Waals surface area contributed by atoms with Crippen molar-refractivity contribution in [2.45, 2.75) is 24.9 Å². The van der Waals surface area contributed by atoms with Crippen LogP contribution in [0.15, 0.2) is 84.9 Å². The molecule has 0 unspecified atom stereocenters. The summed E-state index contributed by atoms with van der Waals surface area (Å²) in [4.78, 5) is 17.5. The average Bonchev–Trinajstić information content (AvgIpc) is 2.92. The third-order valence-corrected chi connectivity index (χ3v) is 6.78. The second kappa shape index (κ2) is 13.4. The van der Waals surface area contributed by atoms with E-state index in [4.69, 9.17) is 4.74 Å². The Hall–Kier alpha value is -3.36. The van der Waals surface area contributed by atoms with Crippen LogP contribution < -0.4 is 5.32 Å². The summed E-state index contributed by atoms with van der Waals surface area (Å²) in [6, 6.07) is 26.1. The molecule has 0 bridgehead atoms. The third-order valence-electron chi connectivity index (χ3n) is 6.78. The molecule has 1 fully saturated rings. The Labute approximate surface area is 222 Å². The topological polar surface area (TPSA) is 44.8 Å². The minimum absolute atomic E-state index is 0.123. The molecule has 202 valence electrons. The van der Waals surface area contributed by atoms with E-state index >= 15 is 0 Å². The SMILES string of the molecule is O=C(Nc1ccc(CC(F)(F)F)cc1)N(CCC(c1ccccc1)c1ccccc1)CCN1CCOCC1. The second-order valence-corrected chi connectivity index (χ2v) is 9.52. The molecule has 1 N–H and O–H groups in total. The lowest BCUT2D eigenvalue weighted by Crippen LogP contribution is -2.44. The van der Waals surface area contributed by atoms with E-state index in [2.05, 4.69) is 34.5 Å². The lowest BCUT2D eigenvalue weighted by molar-refractivity contribution is -0.127. The highest BCUT2D eigenvalue weighted by atomic mass is 19.4. The molecule has 0 spiro atoms. The number of hydrogen-bond acceptors (Lipinski definition) is 3. The van der Waals surface area contributed by atoms with Crippen molar-refractivity contribution in [3.63, 3.8) is 0 Å². The highest BCUT2D eigenvalue weighted by Crippen LogP contribution is 2.28. The monoisotopic (exact) mass is 525 g/mol. The van der Waals surface area contributed by atoms with Gasteiger partial charge < -0.3 is 15.0 Å². The number of rotatable bonds is 10. The first kappa shape index (κ1) is 27.7. The van der Waals surface area contributed by atoms with Crippen molar-refractivity contribution < 1.29 is 22.7 Å². The van der Waals surface area contributed by atoms with E-state index in [1.54, 1.807) is 4.90 Å². The molecule has 3 aromatic carbocycles. The Morgan fingerprint density at radius 3 is 2.00 bits per heavy atom. The summed E-state index contributed by atoms with van der Waals surface area (Å²) in [5.41, 5.74) is 3.01. The van der Waals surface area contributed by atoms with Gasteiger partial charge in [-0.15, -0.1) is 0 Å². The normalized spacial score (nSPS) is 14.4. The molecule has 8 heteroatoms. The van der Waals surface area contributed by atoms with Gasteiger partial charge in [0.2, 0.25) is 0 Å². The van der Waals surface area contributed by atoms with Crippen molar-refractivity contribution in [2.24, 2.45) is 0 Å². The van der Waals surface area contributed by atoms with Crippen LogP contribution >= 0.6 is 0 Å². The first-order valence-corrected chi connectivity index (χ1v) is 13.0. The lowest BCUT2D eigenvalue weighted by atomic mass is 9.88. The standard InChI is InChI=1S/C30H34F3N3O2/c31-30(32,33)23-24-11-13-27(14-12-24)34-29(37)36(18-17-35-19-21-38-22-20-35)16-15-28(25-7-3-1-4-8-25)26-9-5-2-6-10-26/h1-14,28H,15-23H2,(H,34,37). The van der Waals surface area contributed by atoms with E-state index in [0.29, 0.717) is 32.0 Å². The molecule has 0 aromatic heterocycles. The number of hydrogen-bond donors (Lipinski definition) is 1. The number of carbonyl (C=O) groups excluding carboxylic acids is 1. The third kappa shape index (κ3) is 8.60. The van der Waals surface area contributed by atoms with Gasteiger partial charge in [0.25, 0.3) is 0 Å². The van der Waals surface area contributed by atoms with Gasteiger partial charge in [-0.1, -0.05) is 72.8 Å². The van der Waals surface area contributed by atoms with E-state index in [-0.39, 0.29) is 17.5 Å². The van der Waals surface area contributed by atoms with Gasteiger partial charge in [-0.25, -0.2) is 4.79 Å². The summed E-state index contributed by atoms with van der Waals surface area (Å²) in [5.74, 6) is 0.123. The molecule has 5 nitrogen and oxygen atoms in total.